The third-order valence-corrected chi connectivity index (χ3v) is 6.68. The van der Waals surface area contributed by atoms with Gasteiger partial charge in [0.2, 0.25) is 6.41 Å². The minimum atomic E-state index is 0.710. The highest BCUT2D eigenvalue weighted by molar-refractivity contribution is 7.12. The van der Waals surface area contributed by atoms with E-state index >= 15 is 0 Å². The van der Waals surface area contributed by atoms with Crippen LogP contribution in [0, 0.1) is 20.8 Å². The van der Waals surface area contributed by atoms with E-state index < -0.39 is 0 Å². The van der Waals surface area contributed by atoms with E-state index in [1.807, 2.05) is 35.8 Å². The normalized spacial score (nSPS) is 14.4. The van der Waals surface area contributed by atoms with E-state index in [2.05, 4.69) is 35.9 Å². The third kappa shape index (κ3) is 3.57. The molecule has 0 unspecified atom stereocenters. The van der Waals surface area contributed by atoms with Crippen LogP contribution in [0.1, 0.15) is 15.4 Å². The molecule has 0 N–H and O–H groups in total. The molecule has 0 aromatic carbocycles. The number of carbonyl (C=O) groups excluding carboxylic acids is 1. The van der Waals surface area contributed by atoms with Crippen molar-refractivity contribution in [1.82, 2.24) is 24.5 Å². The highest BCUT2D eigenvalue weighted by Crippen LogP contribution is 2.37. The fourth-order valence-corrected chi connectivity index (χ4v) is 5.08. The lowest BCUT2D eigenvalue weighted by Gasteiger charge is -2.33. The highest BCUT2D eigenvalue weighted by Gasteiger charge is 2.22. The molecule has 1 aliphatic rings. The molecule has 7 nitrogen and oxygen atoms in total. The summed E-state index contributed by atoms with van der Waals surface area (Å²) < 4.78 is 1.96. The van der Waals surface area contributed by atoms with Gasteiger partial charge in [-0.05, 0) is 51.1 Å². The molecule has 0 spiro atoms. The fraction of sp³-hybridized carbons (Fsp3) is 0.304. The SMILES string of the molecule is Cc1cc(-c2c(-c3cc(C)sc3C)nc3ccc(N4CCN(C=O)CC4)nn23)ccn1. The molecular formula is C23H24N6OS. The predicted molar refractivity (Wildman–Crippen MR) is 124 cm³/mol. The first kappa shape index (κ1) is 19.7. The van der Waals surface area contributed by atoms with Gasteiger partial charge in [-0.3, -0.25) is 9.78 Å². The van der Waals surface area contributed by atoms with Gasteiger partial charge in [0.05, 0.1) is 0 Å². The number of anilines is 1. The molecule has 5 rings (SSSR count). The molecule has 1 aliphatic heterocycles. The lowest BCUT2D eigenvalue weighted by atomic mass is 10.1. The minimum Gasteiger partial charge on any atom is -0.352 e. The average molecular weight is 433 g/mol. The topological polar surface area (TPSA) is 66.6 Å². The standard InChI is InChI=1S/C23H24N6OS/c1-15-12-18(6-7-24-15)23-22(19-13-16(2)31-17(19)3)25-20-4-5-21(26-29(20)23)28-10-8-27(14-30)9-11-28/h4-7,12-14H,8-11H2,1-3H3. The maximum atomic E-state index is 11.0. The van der Waals surface area contributed by atoms with Crippen molar-refractivity contribution in [2.24, 2.45) is 0 Å². The van der Waals surface area contributed by atoms with Crippen molar-refractivity contribution in [2.75, 3.05) is 31.1 Å². The van der Waals surface area contributed by atoms with Crippen LogP contribution in [-0.2, 0) is 4.79 Å². The van der Waals surface area contributed by atoms with Gasteiger partial charge in [-0.15, -0.1) is 16.4 Å². The summed E-state index contributed by atoms with van der Waals surface area (Å²) in [5, 5.41) is 4.99. The maximum absolute atomic E-state index is 11.0. The number of piperazine rings is 1. The number of amides is 1. The number of hydrogen-bond donors (Lipinski definition) is 0. The molecule has 1 fully saturated rings. The molecule has 1 saturated heterocycles. The highest BCUT2D eigenvalue weighted by atomic mass is 32.1. The summed E-state index contributed by atoms with van der Waals surface area (Å²) in [7, 11) is 0. The van der Waals surface area contributed by atoms with Crippen molar-refractivity contribution in [2.45, 2.75) is 20.8 Å². The Morgan fingerprint density at radius 1 is 1.03 bits per heavy atom. The lowest BCUT2D eigenvalue weighted by Crippen LogP contribution is -2.46. The summed E-state index contributed by atoms with van der Waals surface area (Å²) in [6.07, 6.45) is 2.76. The van der Waals surface area contributed by atoms with Crippen LogP contribution in [0.3, 0.4) is 0 Å². The van der Waals surface area contributed by atoms with Crippen molar-refractivity contribution in [3.8, 4) is 22.5 Å². The summed E-state index contributed by atoms with van der Waals surface area (Å²) >= 11 is 1.79. The van der Waals surface area contributed by atoms with Crippen molar-refractivity contribution in [3.05, 3.63) is 52.0 Å². The number of aryl methyl sites for hydroxylation is 3. The van der Waals surface area contributed by atoms with Gasteiger partial charge < -0.3 is 9.80 Å². The Hall–Kier alpha value is -3.26. The molecular weight excluding hydrogens is 408 g/mol. The van der Waals surface area contributed by atoms with Crippen LogP contribution in [-0.4, -0.2) is 57.1 Å². The molecule has 0 atom stereocenters. The Labute approximate surface area is 185 Å². The Morgan fingerprint density at radius 3 is 2.52 bits per heavy atom. The van der Waals surface area contributed by atoms with Crippen LogP contribution < -0.4 is 4.90 Å². The summed E-state index contributed by atoms with van der Waals surface area (Å²) in [5.41, 5.74) is 5.90. The van der Waals surface area contributed by atoms with Gasteiger partial charge in [0, 0.05) is 59.0 Å². The number of fused-ring (bicyclic) bond motifs is 1. The zero-order chi connectivity index (χ0) is 21.5. The van der Waals surface area contributed by atoms with Crippen LogP contribution in [0.2, 0.25) is 0 Å². The summed E-state index contributed by atoms with van der Waals surface area (Å²) in [6.45, 7) is 9.23. The summed E-state index contributed by atoms with van der Waals surface area (Å²) in [4.78, 5) is 26.9. The second kappa shape index (κ2) is 7.77. The van der Waals surface area contributed by atoms with Crippen LogP contribution in [0.5, 0.6) is 0 Å². The molecule has 4 aromatic rings. The molecule has 0 bridgehead atoms. The average Bonchev–Trinajstić information content (AvgIpc) is 3.32. The minimum absolute atomic E-state index is 0.710. The quantitative estimate of drug-likeness (QED) is 0.460. The molecule has 4 aromatic heterocycles. The van der Waals surface area contributed by atoms with Crippen molar-refractivity contribution < 1.29 is 4.79 Å². The number of rotatable bonds is 4. The Kier molecular flexibility index (Phi) is 4.94. The molecule has 0 radical (unpaired) electrons. The second-order valence-electron chi connectivity index (χ2n) is 7.91. The predicted octanol–water partition coefficient (Wildman–Crippen LogP) is 3.72. The maximum Gasteiger partial charge on any atom is 0.209 e. The summed E-state index contributed by atoms with van der Waals surface area (Å²) in [5.74, 6) is 0.896. The fourth-order valence-electron chi connectivity index (χ4n) is 4.15. The van der Waals surface area contributed by atoms with Gasteiger partial charge in [0.1, 0.15) is 17.2 Å². The van der Waals surface area contributed by atoms with E-state index in [4.69, 9.17) is 10.1 Å². The Morgan fingerprint density at radius 2 is 1.84 bits per heavy atom. The van der Waals surface area contributed by atoms with Gasteiger partial charge in [-0.25, -0.2) is 9.50 Å². The number of imidazole rings is 1. The number of nitrogens with zero attached hydrogens (tertiary/aromatic N) is 6. The first-order chi connectivity index (χ1) is 15.0. The second-order valence-corrected chi connectivity index (χ2v) is 9.37. The monoisotopic (exact) mass is 432 g/mol. The van der Waals surface area contributed by atoms with Crippen molar-refractivity contribution in [3.63, 3.8) is 0 Å². The molecule has 1 amide bonds. The molecule has 0 aliphatic carbocycles. The van der Waals surface area contributed by atoms with Crippen LogP contribution >= 0.6 is 11.3 Å². The summed E-state index contributed by atoms with van der Waals surface area (Å²) in [6, 6.07) is 10.4. The number of aromatic nitrogens is 4. The van der Waals surface area contributed by atoms with Crippen LogP contribution in [0.4, 0.5) is 5.82 Å². The molecule has 8 heteroatoms. The van der Waals surface area contributed by atoms with Crippen LogP contribution in [0.15, 0.2) is 36.5 Å². The number of carbonyl (C=O) groups is 1. The molecule has 158 valence electrons. The van der Waals surface area contributed by atoms with E-state index in [1.54, 1.807) is 16.2 Å². The molecule has 0 saturated carbocycles. The number of hydrogen-bond acceptors (Lipinski definition) is 6. The zero-order valence-corrected chi connectivity index (χ0v) is 18.7. The smallest absolute Gasteiger partial charge is 0.209 e. The van der Waals surface area contributed by atoms with Gasteiger partial charge in [0.25, 0.3) is 0 Å². The van der Waals surface area contributed by atoms with E-state index in [1.165, 1.54) is 9.75 Å². The van der Waals surface area contributed by atoms with Gasteiger partial charge in [-0.1, -0.05) is 0 Å². The van der Waals surface area contributed by atoms with Gasteiger partial charge in [0.15, 0.2) is 5.65 Å². The number of pyridine rings is 1. The van der Waals surface area contributed by atoms with E-state index in [0.717, 1.165) is 59.2 Å². The first-order valence-corrected chi connectivity index (χ1v) is 11.2. The Balaban J connectivity index is 1.68. The molecule has 5 heterocycles. The molecule has 31 heavy (non-hydrogen) atoms. The van der Waals surface area contributed by atoms with Gasteiger partial charge >= 0.3 is 0 Å². The Bertz CT molecular complexity index is 1270. The van der Waals surface area contributed by atoms with Gasteiger partial charge in [-0.2, -0.15) is 0 Å². The van der Waals surface area contributed by atoms with E-state index in [9.17, 15) is 4.79 Å². The third-order valence-electron chi connectivity index (χ3n) is 5.72. The number of thiophene rings is 1. The van der Waals surface area contributed by atoms with E-state index in [-0.39, 0.29) is 0 Å². The lowest BCUT2D eigenvalue weighted by molar-refractivity contribution is -0.118. The van der Waals surface area contributed by atoms with E-state index in [0.29, 0.717) is 13.1 Å². The first-order valence-electron chi connectivity index (χ1n) is 10.4. The van der Waals surface area contributed by atoms with Crippen molar-refractivity contribution >= 4 is 29.2 Å². The van der Waals surface area contributed by atoms with Crippen molar-refractivity contribution in [1.29, 1.82) is 0 Å². The zero-order valence-electron chi connectivity index (χ0n) is 17.9. The van der Waals surface area contributed by atoms with Crippen LogP contribution in [0.25, 0.3) is 28.2 Å². The largest absolute Gasteiger partial charge is 0.352 e.